The molecule has 0 bridgehead atoms. The Labute approximate surface area is 105 Å². The van der Waals surface area contributed by atoms with Crippen LogP contribution in [0.3, 0.4) is 0 Å². The minimum absolute atomic E-state index is 0.0732. The molecule has 1 fully saturated rings. The molecular weight excluding hydrogens is 214 g/mol. The predicted molar refractivity (Wildman–Crippen MR) is 70.6 cm³/mol. The minimum atomic E-state index is -0.648. The Kier molecular flexibility index (Phi) is 6.45. The molecule has 1 aliphatic carbocycles. The van der Waals surface area contributed by atoms with Gasteiger partial charge >= 0.3 is 0 Å². The normalized spacial score (nSPS) is 23.6. The highest BCUT2D eigenvalue weighted by molar-refractivity contribution is 4.84. The zero-order chi connectivity index (χ0) is 12.8. The molecule has 0 aromatic rings. The third-order valence-electron chi connectivity index (χ3n) is 4.07. The van der Waals surface area contributed by atoms with Crippen molar-refractivity contribution in [3.05, 3.63) is 0 Å². The lowest BCUT2D eigenvalue weighted by Crippen LogP contribution is -2.42. The lowest BCUT2D eigenvalue weighted by atomic mass is 9.75. The van der Waals surface area contributed by atoms with E-state index < -0.39 is 12.2 Å². The van der Waals surface area contributed by atoms with Crippen LogP contribution in [0.25, 0.3) is 0 Å². The molecule has 0 saturated heterocycles. The molecule has 102 valence electrons. The molecule has 0 unspecified atom stereocenters. The number of aliphatic hydroxyl groups is 2. The standard InChI is InChI=1S/C14H29NO2/c1-10(2)8-13(16)14(17)12(9-15)11-6-4-3-5-7-11/h10-14,16-17H,3-9,15H2,1-2H3/t12-,13+,14-/m1/s1. The summed E-state index contributed by atoms with van der Waals surface area (Å²) in [5.74, 6) is 0.985. The first-order valence-corrected chi connectivity index (χ1v) is 7.12. The van der Waals surface area contributed by atoms with E-state index in [1.807, 2.05) is 0 Å². The molecule has 4 N–H and O–H groups in total. The molecule has 1 saturated carbocycles. The van der Waals surface area contributed by atoms with Crippen LogP contribution in [0.15, 0.2) is 0 Å². The predicted octanol–water partition coefficient (Wildman–Crippen LogP) is 1.91. The summed E-state index contributed by atoms with van der Waals surface area (Å²) >= 11 is 0. The van der Waals surface area contributed by atoms with Gasteiger partial charge < -0.3 is 15.9 Å². The van der Waals surface area contributed by atoms with E-state index in [4.69, 9.17) is 5.73 Å². The van der Waals surface area contributed by atoms with Crippen molar-refractivity contribution in [1.29, 1.82) is 0 Å². The van der Waals surface area contributed by atoms with Crippen LogP contribution in [0.2, 0.25) is 0 Å². The van der Waals surface area contributed by atoms with E-state index in [1.54, 1.807) is 0 Å². The van der Waals surface area contributed by atoms with Crippen LogP contribution in [0.5, 0.6) is 0 Å². The molecule has 0 heterocycles. The number of rotatable bonds is 6. The van der Waals surface area contributed by atoms with Crippen molar-refractivity contribution >= 4 is 0 Å². The summed E-state index contributed by atoms with van der Waals surface area (Å²) in [5, 5.41) is 20.3. The van der Waals surface area contributed by atoms with Gasteiger partial charge in [0.1, 0.15) is 0 Å². The Morgan fingerprint density at radius 2 is 1.71 bits per heavy atom. The maximum absolute atomic E-state index is 10.2. The van der Waals surface area contributed by atoms with Gasteiger partial charge in [-0.1, -0.05) is 46.0 Å². The average molecular weight is 243 g/mol. The first-order valence-electron chi connectivity index (χ1n) is 7.12. The summed E-state index contributed by atoms with van der Waals surface area (Å²) in [7, 11) is 0. The molecule has 0 aromatic carbocycles. The number of aliphatic hydroxyl groups excluding tert-OH is 2. The van der Waals surface area contributed by atoms with Gasteiger partial charge in [0.25, 0.3) is 0 Å². The quantitative estimate of drug-likeness (QED) is 0.667. The largest absolute Gasteiger partial charge is 0.390 e. The fourth-order valence-electron chi connectivity index (χ4n) is 3.08. The van der Waals surface area contributed by atoms with E-state index in [2.05, 4.69) is 13.8 Å². The summed E-state index contributed by atoms with van der Waals surface area (Å²) < 4.78 is 0. The number of nitrogens with two attached hydrogens (primary N) is 1. The van der Waals surface area contributed by atoms with Crippen LogP contribution < -0.4 is 5.73 Å². The lowest BCUT2D eigenvalue weighted by Gasteiger charge is -2.35. The molecule has 1 rings (SSSR count). The van der Waals surface area contributed by atoms with Gasteiger partial charge in [0, 0.05) is 5.92 Å². The van der Waals surface area contributed by atoms with Crippen LogP contribution in [-0.2, 0) is 0 Å². The molecule has 17 heavy (non-hydrogen) atoms. The second-order valence-electron chi connectivity index (χ2n) is 5.99. The first-order chi connectivity index (χ1) is 8.06. The number of hydrogen-bond acceptors (Lipinski definition) is 3. The van der Waals surface area contributed by atoms with E-state index in [-0.39, 0.29) is 5.92 Å². The van der Waals surface area contributed by atoms with Crippen molar-refractivity contribution in [2.24, 2.45) is 23.5 Å². The van der Waals surface area contributed by atoms with Crippen molar-refractivity contribution in [2.45, 2.75) is 64.6 Å². The lowest BCUT2D eigenvalue weighted by molar-refractivity contribution is -0.0442. The Hall–Kier alpha value is -0.120. The Morgan fingerprint density at radius 1 is 1.12 bits per heavy atom. The molecule has 0 radical (unpaired) electrons. The average Bonchev–Trinajstić information content (AvgIpc) is 2.30. The van der Waals surface area contributed by atoms with E-state index in [0.717, 1.165) is 12.8 Å². The van der Waals surface area contributed by atoms with Crippen LogP contribution in [0.1, 0.15) is 52.4 Å². The molecule has 0 amide bonds. The zero-order valence-corrected chi connectivity index (χ0v) is 11.3. The molecule has 0 aliphatic heterocycles. The van der Waals surface area contributed by atoms with Crippen LogP contribution in [0.4, 0.5) is 0 Å². The van der Waals surface area contributed by atoms with E-state index in [0.29, 0.717) is 24.8 Å². The summed E-state index contributed by atoms with van der Waals surface area (Å²) in [5.41, 5.74) is 5.80. The maximum atomic E-state index is 10.2. The maximum Gasteiger partial charge on any atom is 0.0841 e. The Morgan fingerprint density at radius 3 is 2.18 bits per heavy atom. The highest BCUT2D eigenvalue weighted by Crippen LogP contribution is 2.32. The molecule has 3 nitrogen and oxygen atoms in total. The van der Waals surface area contributed by atoms with E-state index >= 15 is 0 Å². The third-order valence-corrected chi connectivity index (χ3v) is 4.07. The van der Waals surface area contributed by atoms with Crippen molar-refractivity contribution in [1.82, 2.24) is 0 Å². The first kappa shape index (κ1) is 14.9. The molecule has 3 atom stereocenters. The van der Waals surface area contributed by atoms with Gasteiger partial charge in [-0.15, -0.1) is 0 Å². The molecule has 0 spiro atoms. The Balaban J connectivity index is 2.52. The molecular formula is C14H29NO2. The summed E-state index contributed by atoms with van der Waals surface area (Å²) in [6.45, 7) is 4.61. The number of hydrogen-bond donors (Lipinski definition) is 3. The smallest absolute Gasteiger partial charge is 0.0841 e. The van der Waals surface area contributed by atoms with Gasteiger partial charge in [0.15, 0.2) is 0 Å². The van der Waals surface area contributed by atoms with Gasteiger partial charge in [0.05, 0.1) is 12.2 Å². The topological polar surface area (TPSA) is 66.5 Å². The van der Waals surface area contributed by atoms with Crippen molar-refractivity contribution in [3.63, 3.8) is 0 Å². The van der Waals surface area contributed by atoms with Gasteiger partial charge in [-0.2, -0.15) is 0 Å². The van der Waals surface area contributed by atoms with Crippen molar-refractivity contribution in [3.8, 4) is 0 Å². The summed E-state index contributed by atoms with van der Waals surface area (Å²) in [6.07, 6.45) is 5.50. The fourth-order valence-corrected chi connectivity index (χ4v) is 3.08. The van der Waals surface area contributed by atoms with Crippen molar-refractivity contribution in [2.75, 3.05) is 6.54 Å². The summed E-state index contributed by atoms with van der Waals surface area (Å²) in [6, 6.07) is 0. The SMILES string of the molecule is CC(C)C[C@H](O)[C@H](O)[C@H](CN)C1CCCCC1. The van der Waals surface area contributed by atoms with Crippen LogP contribution >= 0.6 is 0 Å². The van der Waals surface area contributed by atoms with Gasteiger partial charge in [-0.05, 0) is 24.8 Å². The van der Waals surface area contributed by atoms with Crippen LogP contribution in [-0.4, -0.2) is 29.0 Å². The van der Waals surface area contributed by atoms with Gasteiger partial charge in [0.2, 0.25) is 0 Å². The van der Waals surface area contributed by atoms with Gasteiger partial charge in [-0.25, -0.2) is 0 Å². The Bertz CT molecular complexity index is 202. The molecule has 0 aromatic heterocycles. The van der Waals surface area contributed by atoms with E-state index in [1.165, 1.54) is 19.3 Å². The second-order valence-corrected chi connectivity index (χ2v) is 5.99. The fraction of sp³-hybridized carbons (Fsp3) is 1.00. The van der Waals surface area contributed by atoms with Crippen molar-refractivity contribution < 1.29 is 10.2 Å². The minimum Gasteiger partial charge on any atom is -0.390 e. The van der Waals surface area contributed by atoms with Crippen LogP contribution in [0, 0.1) is 17.8 Å². The molecule has 1 aliphatic rings. The molecule has 3 heteroatoms. The second kappa shape index (κ2) is 7.34. The highest BCUT2D eigenvalue weighted by Gasteiger charge is 2.32. The summed E-state index contributed by atoms with van der Waals surface area (Å²) in [4.78, 5) is 0. The van der Waals surface area contributed by atoms with Gasteiger partial charge in [-0.3, -0.25) is 0 Å². The highest BCUT2D eigenvalue weighted by atomic mass is 16.3. The monoisotopic (exact) mass is 243 g/mol. The third kappa shape index (κ3) is 4.57. The zero-order valence-electron chi connectivity index (χ0n) is 11.3. The van der Waals surface area contributed by atoms with E-state index in [9.17, 15) is 10.2 Å².